The Morgan fingerprint density at radius 1 is 1.20 bits per heavy atom. The maximum absolute atomic E-state index is 13.2. The maximum atomic E-state index is 13.2. The highest BCUT2D eigenvalue weighted by atomic mass is 32.2. The second-order valence-corrected chi connectivity index (χ2v) is 5.85. The summed E-state index contributed by atoms with van der Waals surface area (Å²) in [7, 11) is -1.33. The van der Waals surface area contributed by atoms with Crippen LogP contribution in [0.1, 0.15) is 0 Å². The van der Waals surface area contributed by atoms with Crippen molar-refractivity contribution >= 4 is 21.8 Å². The molecule has 0 heterocycles. The number of benzene rings is 1. The molecule has 0 unspecified atom stereocenters. The fourth-order valence-electron chi connectivity index (χ4n) is 1.10. The van der Waals surface area contributed by atoms with E-state index in [1.54, 1.807) is 0 Å². The van der Waals surface area contributed by atoms with Crippen molar-refractivity contribution in [1.82, 2.24) is 9.03 Å². The Kier molecular flexibility index (Phi) is 5.09. The van der Waals surface area contributed by atoms with Gasteiger partial charge in [0.1, 0.15) is 0 Å². The van der Waals surface area contributed by atoms with Gasteiger partial charge in [0.15, 0.2) is 17.5 Å². The monoisotopic (exact) mass is 311 g/mol. The van der Waals surface area contributed by atoms with E-state index in [-0.39, 0.29) is 0 Å². The molecular weight excluding hydrogens is 299 g/mol. The van der Waals surface area contributed by atoms with Crippen LogP contribution in [0.4, 0.5) is 18.9 Å². The zero-order chi connectivity index (χ0) is 15.5. The van der Waals surface area contributed by atoms with Gasteiger partial charge >= 0.3 is 0 Å². The molecule has 0 atom stereocenters. The number of carbonyl (C=O) groups is 1. The first-order valence-corrected chi connectivity index (χ1v) is 6.69. The molecule has 0 aromatic heterocycles. The van der Waals surface area contributed by atoms with Crippen LogP contribution in [0.15, 0.2) is 12.1 Å². The Balaban J connectivity index is 2.71. The van der Waals surface area contributed by atoms with Crippen LogP contribution in [0.5, 0.6) is 0 Å². The van der Waals surface area contributed by atoms with Crippen LogP contribution in [0.2, 0.25) is 0 Å². The number of rotatable bonds is 5. The molecular formula is C10H12F3N3O3S. The molecule has 1 aromatic carbocycles. The largest absolute Gasteiger partial charge is 0.322 e. The first kappa shape index (κ1) is 16.4. The average molecular weight is 311 g/mol. The number of nitrogens with zero attached hydrogens (tertiary/aromatic N) is 1. The van der Waals surface area contributed by atoms with Gasteiger partial charge < -0.3 is 5.32 Å². The molecule has 0 saturated carbocycles. The number of anilines is 1. The molecule has 6 nitrogen and oxygen atoms in total. The van der Waals surface area contributed by atoms with Gasteiger partial charge in [-0.2, -0.15) is 17.4 Å². The van der Waals surface area contributed by atoms with Gasteiger partial charge in [0.2, 0.25) is 5.91 Å². The SMILES string of the molecule is CN(C)S(=O)(=O)NCC(=O)Nc1ccc(F)c(F)c1F. The van der Waals surface area contributed by atoms with E-state index in [2.05, 4.69) is 0 Å². The summed E-state index contributed by atoms with van der Waals surface area (Å²) < 4.78 is 64.2. The number of hydrogen-bond acceptors (Lipinski definition) is 3. The van der Waals surface area contributed by atoms with Gasteiger partial charge in [0.25, 0.3) is 10.2 Å². The van der Waals surface area contributed by atoms with Crippen LogP contribution >= 0.6 is 0 Å². The predicted octanol–water partition coefficient (Wildman–Crippen LogP) is 0.438. The molecule has 20 heavy (non-hydrogen) atoms. The standard InChI is InChI=1S/C10H12F3N3O3S/c1-16(2)20(18,19)14-5-8(17)15-7-4-3-6(11)9(12)10(7)13/h3-4,14H,5H2,1-2H3,(H,15,17). The second-order valence-electron chi connectivity index (χ2n) is 3.88. The number of amides is 1. The quantitative estimate of drug-likeness (QED) is 0.775. The minimum atomic E-state index is -3.82. The highest BCUT2D eigenvalue weighted by molar-refractivity contribution is 7.87. The minimum Gasteiger partial charge on any atom is -0.322 e. The van der Waals surface area contributed by atoms with E-state index >= 15 is 0 Å². The van der Waals surface area contributed by atoms with Crippen molar-refractivity contribution in [2.75, 3.05) is 26.0 Å². The van der Waals surface area contributed by atoms with E-state index in [9.17, 15) is 26.4 Å². The second kappa shape index (κ2) is 6.20. The molecule has 0 aliphatic rings. The Bertz CT molecular complexity index is 620. The van der Waals surface area contributed by atoms with Crippen LogP contribution in [-0.2, 0) is 15.0 Å². The lowest BCUT2D eigenvalue weighted by atomic mass is 10.3. The summed E-state index contributed by atoms with van der Waals surface area (Å²) in [6, 6.07) is 1.46. The van der Waals surface area contributed by atoms with Crippen LogP contribution in [0, 0.1) is 17.5 Å². The van der Waals surface area contributed by atoms with Crippen LogP contribution in [0.25, 0.3) is 0 Å². The smallest absolute Gasteiger partial charge is 0.279 e. The third-order valence-corrected chi connectivity index (χ3v) is 3.68. The van der Waals surface area contributed by atoms with E-state index in [4.69, 9.17) is 0 Å². The molecule has 0 aliphatic heterocycles. The molecule has 1 rings (SSSR count). The lowest BCUT2D eigenvalue weighted by Crippen LogP contribution is -2.40. The van der Waals surface area contributed by atoms with Gasteiger partial charge in [0.05, 0.1) is 12.2 Å². The zero-order valence-corrected chi connectivity index (χ0v) is 11.4. The summed E-state index contributed by atoms with van der Waals surface area (Å²) >= 11 is 0. The fourth-order valence-corrected chi connectivity index (χ4v) is 1.67. The molecule has 0 fully saturated rings. The molecule has 0 saturated heterocycles. The molecule has 2 N–H and O–H groups in total. The van der Waals surface area contributed by atoms with Crippen molar-refractivity contribution in [3.8, 4) is 0 Å². The van der Waals surface area contributed by atoms with Crippen molar-refractivity contribution in [1.29, 1.82) is 0 Å². The number of halogens is 3. The van der Waals surface area contributed by atoms with Crippen molar-refractivity contribution < 1.29 is 26.4 Å². The van der Waals surface area contributed by atoms with Gasteiger partial charge in [0, 0.05) is 14.1 Å². The van der Waals surface area contributed by atoms with Crippen LogP contribution in [-0.4, -0.2) is 39.3 Å². The van der Waals surface area contributed by atoms with Crippen LogP contribution < -0.4 is 10.0 Å². The highest BCUT2D eigenvalue weighted by Gasteiger charge is 2.17. The van der Waals surface area contributed by atoms with Crippen molar-refractivity contribution in [2.45, 2.75) is 0 Å². The summed E-state index contributed by atoms with van der Waals surface area (Å²) in [5.74, 6) is -5.61. The van der Waals surface area contributed by atoms with Gasteiger partial charge in [-0.05, 0) is 12.1 Å². The van der Waals surface area contributed by atoms with Crippen LogP contribution in [0.3, 0.4) is 0 Å². The molecule has 112 valence electrons. The number of carbonyl (C=O) groups excluding carboxylic acids is 1. The molecule has 1 amide bonds. The van der Waals surface area contributed by atoms with Crippen molar-refractivity contribution in [3.05, 3.63) is 29.6 Å². The third-order valence-electron chi connectivity index (χ3n) is 2.21. The Labute approximate surface area is 113 Å². The van der Waals surface area contributed by atoms with E-state index < -0.39 is 45.8 Å². The Morgan fingerprint density at radius 2 is 1.80 bits per heavy atom. The summed E-state index contributed by atoms with van der Waals surface area (Å²) in [6.07, 6.45) is 0. The van der Waals surface area contributed by atoms with Crippen molar-refractivity contribution in [3.63, 3.8) is 0 Å². The maximum Gasteiger partial charge on any atom is 0.279 e. The van der Waals surface area contributed by atoms with Gasteiger partial charge in [-0.15, -0.1) is 0 Å². The Hall–Kier alpha value is -1.65. The van der Waals surface area contributed by atoms with Crippen molar-refractivity contribution in [2.24, 2.45) is 0 Å². The summed E-state index contributed by atoms with van der Waals surface area (Å²) in [6.45, 7) is -0.682. The van der Waals surface area contributed by atoms with E-state index in [0.29, 0.717) is 6.07 Å². The van der Waals surface area contributed by atoms with E-state index in [1.807, 2.05) is 10.0 Å². The lowest BCUT2D eigenvalue weighted by Gasteiger charge is -2.12. The predicted molar refractivity (Wildman–Crippen MR) is 65.6 cm³/mol. The van der Waals surface area contributed by atoms with E-state index in [0.717, 1.165) is 10.4 Å². The first-order chi connectivity index (χ1) is 9.15. The summed E-state index contributed by atoms with van der Waals surface area (Å²) in [5.41, 5.74) is -0.585. The molecule has 0 radical (unpaired) electrons. The molecule has 0 bridgehead atoms. The number of nitrogens with one attached hydrogen (secondary N) is 2. The van der Waals surface area contributed by atoms with E-state index in [1.165, 1.54) is 14.1 Å². The average Bonchev–Trinajstić information content (AvgIpc) is 2.37. The Morgan fingerprint density at radius 3 is 2.35 bits per heavy atom. The first-order valence-electron chi connectivity index (χ1n) is 5.25. The molecule has 10 heteroatoms. The third kappa shape index (κ3) is 3.92. The molecule has 0 aliphatic carbocycles. The van der Waals surface area contributed by atoms with Gasteiger partial charge in [-0.3, -0.25) is 4.79 Å². The normalized spacial score (nSPS) is 11.7. The fraction of sp³-hybridized carbons (Fsp3) is 0.300. The van der Waals surface area contributed by atoms with Gasteiger partial charge in [-0.1, -0.05) is 0 Å². The lowest BCUT2D eigenvalue weighted by molar-refractivity contribution is -0.115. The highest BCUT2D eigenvalue weighted by Crippen LogP contribution is 2.19. The minimum absolute atomic E-state index is 0.585. The molecule has 0 spiro atoms. The zero-order valence-electron chi connectivity index (χ0n) is 10.6. The summed E-state index contributed by atoms with van der Waals surface area (Å²) in [4.78, 5) is 11.4. The molecule has 1 aromatic rings. The number of hydrogen-bond donors (Lipinski definition) is 2. The van der Waals surface area contributed by atoms with Gasteiger partial charge in [-0.25, -0.2) is 13.2 Å². The topological polar surface area (TPSA) is 78.5 Å². The summed E-state index contributed by atoms with van der Waals surface area (Å²) in [5, 5.41) is 1.92.